The van der Waals surface area contributed by atoms with Crippen molar-refractivity contribution in [3.63, 3.8) is 0 Å². The first kappa shape index (κ1) is 14.3. The molecule has 106 valence electrons. The first-order chi connectivity index (χ1) is 10.2. The number of rotatable bonds is 4. The number of esters is 1. The van der Waals surface area contributed by atoms with Crippen molar-refractivity contribution in [2.75, 3.05) is 12.8 Å². The van der Waals surface area contributed by atoms with Crippen LogP contribution in [0.1, 0.15) is 21.6 Å². The van der Waals surface area contributed by atoms with Crippen molar-refractivity contribution in [3.05, 3.63) is 53.3 Å². The van der Waals surface area contributed by atoms with Gasteiger partial charge in [0.15, 0.2) is 0 Å². The van der Waals surface area contributed by atoms with Gasteiger partial charge in [0.1, 0.15) is 29.7 Å². The van der Waals surface area contributed by atoms with Crippen LogP contribution in [0.3, 0.4) is 0 Å². The normalized spacial score (nSPS) is 9.71. The molecule has 1 aromatic heterocycles. The highest BCUT2D eigenvalue weighted by atomic mass is 16.5. The predicted octanol–water partition coefficient (Wildman–Crippen LogP) is 1.90. The van der Waals surface area contributed by atoms with E-state index in [1.165, 1.54) is 25.4 Å². The minimum atomic E-state index is -0.517. The number of anilines is 1. The van der Waals surface area contributed by atoms with E-state index < -0.39 is 5.97 Å². The monoisotopic (exact) mass is 283 g/mol. The number of nitriles is 1. The molecule has 0 fully saturated rings. The lowest BCUT2D eigenvalue weighted by Gasteiger charge is -2.11. The maximum Gasteiger partial charge on any atom is 0.341 e. The SMILES string of the molecule is COC(=O)c1ccc(N)cc1OCc1cccnc1C#N. The molecule has 21 heavy (non-hydrogen) atoms. The van der Waals surface area contributed by atoms with Gasteiger partial charge in [-0.25, -0.2) is 9.78 Å². The molecule has 2 aromatic rings. The molecular weight excluding hydrogens is 270 g/mol. The van der Waals surface area contributed by atoms with Crippen LogP contribution in [0.4, 0.5) is 5.69 Å². The average Bonchev–Trinajstić information content (AvgIpc) is 2.52. The molecule has 0 atom stereocenters. The van der Waals surface area contributed by atoms with E-state index in [1.807, 2.05) is 6.07 Å². The molecule has 0 aliphatic heterocycles. The summed E-state index contributed by atoms with van der Waals surface area (Å²) in [6, 6.07) is 10.1. The van der Waals surface area contributed by atoms with Crippen molar-refractivity contribution in [3.8, 4) is 11.8 Å². The highest BCUT2D eigenvalue weighted by molar-refractivity contribution is 5.93. The van der Waals surface area contributed by atoms with E-state index in [0.29, 0.717) is 17.0 Å². The van der Waals surface area contributed by atoms with Crippen LogP contribution >= 0.6 is 0 Å². The number of nitrogens with zero attached hydrogens (tertiary/aromatic N) is 2. The molecule has 0 bridgehead atoms. The Labute approximate surface area is 121 Å². The second kappa shape index (κ2) is 6.39. The van der Waals surface area contributed by atoms with E-state index in [2.05, 4.69) is 9.72 Å². The van der Waals surface area contributed by atoms with Gasteiger partial charge in [-0.15, -0.1) is 0 Å². The summed E-state index contributed by atoms with van der Waals surface area (Å²) in [7, 11) is 1.29. The van der Waals surface area contributed by atoms with Crippen LogP contribution in [0.5, 0.6) is 5.75 Å². The van der Waals surface area contributed by atoms with E-state index in [0.717, 1.165) is 0 Å². The Bertz CT molecular complexity index is 708. The summed E-state index contributed by atoms with van der Waals surface area (Å²) in [5.74, 6) is -0.216. The van der Waals surface area contributed by atoms with Gasteiger partial charge in [0.2, 0.25) is 0 Å². The molecule has 0 saturated carbocycles. The van der Waals surface area contributed by atoms with Gasteiger partial charge in [-0.2, -0.15) is 5.26 Å². The number of ether oxygens (including phenoxy) is 2. The van der Waals surface area contributed by atoms with Crippen LogP contribution < -0.4 is 10.5 Å². The van der Waals surface area contributed by atoms with Crippen molar-refractivity contribution in [2.24, 2.45) is 0 Å². The molecule has 0 unspecified atom stereocenters. The van der Waals surface area contributed by atoms with Gasteiger partial charge in [0.05, 0.1) is 7.11 Å². The summed E-state index contributed by atoms with van der Waals surface area (Å²) in [6.45, 7) is 0.101. The molecule has 0 amide bonds. The fourth-order valence-electron chi connectivity index (χ4n) is 1.75. The number of nitrogen functional groups attached to an aromatic ring is 1. The third-order valence-corrected chi connectivity index (χ3v) is 2.79. The minimum absolute atomic E-state index is 0.101. The largest absolute Gasteiger partial charge is 0.488 e. The van der Waals surface area contributed by atoms with E-state index in [1.54, 1.807) is 18.2 Å². The van der Waals surface area contributed by atoms with Crippen LogP contribution in [0.15, 0.2) is 36.5 Å². The summed E-state index contributed by atoms with van der Waals surface area (Å²) in [5.41, 5.74) is 7.33. The Hall–Kier alpha value is -3.07. The summed E-state index contributed by atoms with van der Waals surface area (Å²) in [4.78, 5) is 15.6. The zero-order chi connectivity index (χ0) is 15.2. The smallest absolute Gasteiger partial charge is 0.341 e. The summed E-state index contributed by atoms with van der Waals surface area (Å²) in [6.07, 6.45) is 1.53. The van der Waals surface area contributed by atoms with Crippen molar-refractivity contribution in [1.82, 2.24) is 4.98 Å². The third-order valence-electron chi connectivity index (χ3n) is 2.79. The van der Waals surface area contributed by atoms with Crippen LogP contribution in [0.2, 0.25) is 0 Å². The standard InChI is InChI=1S/C15H13N3O3/c1-20-15(19)12-5-4-11(17)7-14(12)21-9-10-3-2-6-18-13(10)8-16/h2-7H,9,17H2,1H3. The Kier molecular flexibility index (Phi) is 4.36. The Morgan fingerprint density at radius 2 is 2.24 bits per heavy atom. The molecule has 0 aliphatic rings. The number of carbonyl (C=O) groups is 1. The maximum atomic E-state index is 11.7. The number of aromatic nitrogens is 1. The van der Waals surface area contributed by atoms with Crippen molar-refractivity contribution in [1.29, 1.82) is 5.26 Å². The van der Waals surface area contributed by atoms with Gasteiger partial charge in [0.25, 0.3) is 0 Å². The number of carbonyl (C=O) groups excluding carboxylic acids is 1. The summed E-state index contributed by atoms with van der Waals surface area (Å²) in [5, 5.41) is 8.98. The van der Waals surface area contributed by atoms with Gasteiger partial charge in [-0.1, -0.05) is 6.07 Å². The van der Waals surface area contributed by atoms with Crippen LogP contribution in [-0.4, -0.2) is 18.1 Å². The number of nitrogens with two attached hydrogens (primary N) is 1. The summed E-state index contributed by atoms with van der Waals surface area (Å²) >= 11 is 0. The first-order valence-corrected chi connectivity index (χ1v) is 6.10. The fraction of sp³-hybridized carbons (Fsp3) is 0.133. The Balaban J connectivity index is 2.26. The van der Waals surface area contributed by atoms with Gasteiger partial charge in [-0.05, 0) is 18.2 Å². The van der Waals surface area contributed by atoms with Crippen LogP contribution in [-0.2, 0) is 11.3 Å². The molecule has 2 rings (SSSR count). The number of methoxy groups -OCH3 is 1. The zero-order valence-corrected chi connectivity index (χ0v) is 11.4. The van der Waals surface area contributed by atoms with Crippen LogP contribution in [0, 0.1) is 11.3 Å². The Morgan fingerprint density at radius 3 is 2.95 bits per heavy atom. The first-order valence-electron chi connectivity index (χ1n) is 6.10. The van der Waals surface area contributed by atoms with Crippen LogP contribution in [0.25, 0.3) is 0 Å². The lowest BCUT2D eigenvalue weighted by atomic mass is 10.1. The number of benzene rings is 1. The van der Waals surface area contributed by atoms with Crippen molar-refractivity contribution < 1.29 is 14.3 Å². The molecule has 6 heteroatoms. The fourth-order valence-corrected chi connectivity index (χ4v) is 1.75. The summed E-state index contributed by atoms with van der Waals surface area (Å²) < 4.78 is 10.3. The van der Waals surface area contributed by atoms with E-state index in [4.69, 9.17) is 15.7 Å². The Morgan fingerprint density at radius 1 is 1.43 bits per heavy atom. The second-order valence-electron chi connectivity index (χ2n) is 4.16. The van der Waals surface area contributed by atoms with Crippen molar-refractivity contribution in [2.45, 2.75) is 6.61 Å². The second-order valence-corrected chi connectivity index (χ2v) is 4.16. The predicted molar refractivity (Wildman–Crippen MR) is 75.5 cm³/mol. The molecule has 1 heterocycles. The van der Waals surface area contributed by atoms with E-state index in [9.17, 15) is 4.79 Å². The molecular formula is C15H13N3O3. The van der Waals surface area contributed by atoms with Gasteiger partial charge in [-0.3, -0.25) is 0 Å². The zero-order valence-electron chi connectivity index (χ0n) is 11.4. The number of hydrogen-bond donors (Lipinski definition) is 1. The number of pyridine rings is 1. The molecule has 0 spiro atoms. The van der Waals surface area contributed by atoms with Crippen molar-refractivity contribution >= 4 is 11.7 Å². The molecule has 0 radical (unpaired) electrons. The lowest BCUT2D eigenvalue weighted by molar-refractivity contribution is 0.0595. The lowest BCUT2D eigenvalue weighted by Crippen LogP contribution is -2.07. The maximum absolute atomic E-state index is 11.7. The number of hydrogen-bond acceptors (Lipinski definition) is 6. The minimum Gasteiger partial charge on any atom is -0.488 e. The quantitative estimate of drug-likeness (QED) is 0.679. The van der Waals surface area contributed by atoms with Gasteiger partial charge >= 0.3 is 5.97 Å². The highest BCUT2D eigenvalue weighted by Gasteiger charge is 2.14. The topological polar surface area (TPSA) is 98.2 Å². The highest BCUT2D eigenvalue weighted by Crippen LogP contribution is 2.24. The van der Waals surface area contributed by atoms with Gasteiger partial charge < -0.3 is 15.2 Å². The average molecular weight is 283 g/mol. The van der Waals surface area contributed by atoms with E-state index >= 15 is 0 Å². The van der Waals surface area contributed by atoms with E-state index in [-0.39, 0.29) is 17.9 Å². The molecule has 0 aliphatic carbocycles. The third kappa shape index (κ3) is 3.28. The molecule has 6 nitrogen and oxygen atoms in total. The molecule has 0 saturated heterocycles. The molecule has 1 aromatic carbocycles. The van der Waals surface area contributed by atoms with Gasteiger partial charge in [0, 0.05) is 23.5 Å². The molecule has 2 N–H and O–H groups in total.